The number of carbonyl (C=O) groups excluding carboxylic acids is 3. The number of benzene rings is 2. The minimum Gasteiger partial charge on any atom is -0.454 e. The number of hydrogen-bond donors (Lipinski definition) is 0. The van der Waals surface area contributed by atoms with E-state index in [0.29, 0.717) is 34.1 Å². The maximum Gasteiger partial charge on any atom is 0.279 e. The van der Waals surface area contributed by atoms with Crippen molar-refractivity contribution < 1.29 is 23.9 Å². The molecule has 3 aromatic rings. The SMILES string of the molecule is CSCCn1c(=NC(=O)c2cccc(N3C(=O)CCC3=O)c2)sc2cc3c(cc21)OCO3. The van der Waals surface area contributed by atoms with Gasteiger partial charge < -0.3 is 14.0 Å². The van der Waals surface area contributed by atoms with Gasteiger partial charge in [0.15, 0.2) is 16.3 Å². The van der Waals surface area contributed by atoms with Crippen molar-refractivity contribution in [1.29, 1.82) is 0 Å². The topological polar surface area (TPSA) is 90.2 Å². The third kappa shape index (κ3) is 3.69. The fourth-order valence-corrected chi connectivity index (χ4v) is 5.17. The van der Waals surface area contributed by atoms with Crippen LogP contribution in [0.5, 0.6) is 11.5 Å². The zero-order chi connectivity index (χ0) is 22.2. The molecule has 164 valence electrons. The van der Waals surface area contributed by atoms with Crippen LogP contribution in [0.3, 0.4) is 0 Å². The van der Waals surface area contributed by atoms with Gasteiger partial charge in [0, 0.05) is 42.8 Å². The van der Waals surface area contributed by atoms with Crippen LogP contribution in [0.4, 0.5) is 5.69 Å². The molecular weight excluding hydrogens is 450 g/mol. The van der Waals surface area contributed by atoms with Crippen LogP contribution in [0.2, 0.25) is 0 Å². The van der Waals surface area contributed by atoms with Gasteiger partial charge in [0.05, 0.1) is 15.9 Å². The molecule has 3 amide bonds. The molecular formula is C22H19N3O5S2. The van der Waals surface area contributed by atoms with Crippen LogP contribution in [0.1, 0.15) is 23.2 Å². The number of ether oxygens (including phenoxy) is 2. The van der Waals surface area contributed by atoms with E-state index in [0.717, 1.165) is 20.9 Å². The van der Waals surface area contributed by atoms with Gasteiger partial charge in [-0.05, 0) is 24.5 Å². The van der Waals surface area contributed by atoms with Crippen LogP contribution in [-0.4, -0.2) is 41.1 Å². The van der Waals surface area contributed by atoms with Crippen molar-refractivity contribution in [2.45, 2.75) is 19.4 Å². The number of thiazole rings is 1. The van der Waals surface area contributed by atoms with E-state index in [4.69, 9.17) is 9.47 Å². The molecule has 0 saturated carbocycles. The minimum atomic E-state index is -0.435. The van der Waals surface area contributed by atoms with Gasteiger partial charge in [-0.1, -0.05) is 17.4 Å². The average molecular weight is 470 g/mol. The highest BCUT2D eigenvalue weighted by Crippen LogP contribution is 2.37. The molecule has 0 N–H and O–H groups in total. The van der Waals surface area contributed by atoms with E-state index >= 15 is 0 Å². The molecule has 0 atom stereocenters. The van der Waals surface area contributed by atoms with E-state index in [1.807, 2.05) is 23.0 Å². The van der Waals surface area contributed by atoms with Crippen LogP contribution in [0.15, 0.2) is 41.4 Å². The predicted molar refractivity (Wildman–Crippen MR) is 122 cm³/mol. The number of imide groups is 1. The summed E-state index contributed by atoms with van der Waals surface area (Å²) in [6, 6.07) is 10.3. The molecule has 2 aliphatic heterocycles. The van der Waals surface area contributed by atoms with Gasteiger partial charge in [0.2, 0.25) is 18.6 Å². The van der Waals surface area contributed by atoms with Gasteiger partial charge in [0.25, 0.3) is 5.91 Å². The number of anilines is 1. The Balaban J connectivity index is 1.55. The summed E-state index contributed by atoms with van der Waals surface area (Å²) in [6.07, 6.45) is 2.41. The number of nitrogens with zero attached hydrogens (tertiary/aromatic N) is 3. The first-order chi connectivity index (χ1) is 15.5. The van der Waals surface area contributed by atoms with Gasteiger partial charge >= 0.3 is 0 Å². The molecule has 0 unspecified atom stereocenters. The number of amides is 3. The second kappa shape index (κ2) is 8.44. The van der Waals surface area contributed by atoms with Crippen LogP contribution in [-0.2, 0) is 16.1 Å². The summed E-state index contributed by atoms with van der Waals surface area (Å²) in [7, 11) is 0. The molecule has 8 nitrogen and oxygen atoms in total. The molecule has 10 heteroatoms. The quantitative estimate of drug-likeness (QED) is 0.533. The lowest BCUT2D eigenvalue weighted by Gasteiger charge is -2.14. The second-order valence-corrected chi connectivity index (χ2v) is 9.29. The first-order valence-corrected chi connectivity index (χ1v) is 12.2. The predicted octanol–water partition coefficient (Wildman–Crippen LogP) is 3.19. The molecule has 0 radical (unpaired) electrons. The third-order valence-corrected chi connectivity index (χ3v) is 6.93. The normalized spacial score (nSPS) is 15.9. The molecule has 2 aromatic carbocycles. The van der Waals surface area contributed by atoms with Crippen molar-refractivity contribution in [3.05, 3.63) is 46.8 Å². The highest BCUT2D eigenvalue weighted by molar-refractivity contribution is 7.98. The second-order valence-electron chi connectivity index (χ2n) is 7.29. The van der Waals surface area contributed by atoms with Crippen LogP contribution >= 0.6 is 23.1 Å². The number of carbonyl (C=O) groups is 3. The molecule has 32 heavy (non-hydrogen) atoms. The van der Waals surface area contributed by atoms with E-state index in [2.05, 4.69) is 4.99 Å². The summed E-state index contributed by atoms with van der Waals surface area (Å²) in [6.45, 7) is 0.884. The first kappa shape index (κ1) is 20.8. The van der Waals surface area contributed by atoms with Crippen LogP contribution in [0, 0.1) is 0 Å². The fourth-order valence-electron chi connectivity index (χ4n) is 3.74. The molecule has 5 rings (SSSR count). The Hall–Kier alpha value is -3.11. The maximum atomic E-state index is 13.0. The Morgan fingerprint density at radius 1 is 1.12 bits per heavy atom. The lowest BCUT2D eigenvalue weighted by atomic mass is 10.2. The van der Waals surface area contributed by atoms with Crippen molar-refractivity contribution in [1.82, 2.24) is 4.57 Å². The zero-order valence-electron chi connectivity index (χ0n) is 17.2. The largest absolute Gasteiger partial charge is 0.454 e. The van der Waals surface area contributed by atoms with E-state index in [-0.39, 0.29) is 31.4 Å². The standard InChI is InChI=1S/C22H19N3O5S2/c1-31-8-7-24-15-10-16-17(30-12-29-16)11-18(15)32-22(24)23-21(28)13-3-2-4-14(9-13)25-19(26)5-6-20(25)27/h2-4,9-11H,5-8,12H2,1H3. The van der Waals surface area contributed by atoms with Crippen molar-refractivity contribution in [3.63, 3.8) is 0 Å². The minimum absolute atomic E-state index is 0.190. The highest BCUT2D eigenvalue weighted by atomic mass is 32.2. The molecule has 0 aliphatic carbocycles. The third-order valence-electron chi connectivity index (χ3n) is 5.30. The Labute approximate surface area is 191 Å². The molecule has 3 heterocycles. The molecule has 1 fully saturated rings. The first-order valence-electron chi connectivity index (χ1n) is 10.0. The zero-order valence-corrected chi connectivity index (χ0v) is 18.8. The Morgan fingerprint density at radius 3 is 2.62 bits per heavy atom. The maximum absolute atomic E-state index is 13.0. The molecule has 1 saturated heterocycles. The van der Waals surface area contributed by atoms with Gasteiger partial charge in [-0.3, -0.25) is 19.3 Å². The number of aromatic nitrogens is 1. The van der Waals surface area contributed by atoms with Crippen molar-refractivity contribution >= 4 is 56.7 Å². The fraction of sp³-hybridized carbons (Fsp3) is 0.273. The Morgan fingerprint density at radius 2 is 1.88 bits per heavy atom. The average Bonchev–Trinajstić information content (AvgIpc) is 3.47. The van der Waals surface area contributed by atoms with E-state index < -0.39 is 5.91 Å². The molecule has 0 bridgehead atoms. The van der Waals surface area contributed by atoms with Crippen LogP contribution < -0.4 is 19.2 Å². The molecule has 2 aliphatic rings. The van der Waals surface area contributed by atoms with E-state index in [9.17, 15) is 14.4 Å². The van der Waals surface area contributed by atoms with Gasteiger partial charge in [0.1, 0.15) is 0 Å². The number of rotatable bonds is 5. The highest BCUT2D eigenvalue weighted by Gasteiger charge is 2.30. The summed E-state index contributed by atoms with van der Waals surface area (Å²) < 4.78 is 13.9. The molecule has 1 aromatic heterocycles. The summed E-state index contributed by atoms with van der Waals surface area (Å²) in [5, 5.41) is 0. The van der Waals surface area contributed by atoms with E-state index in [1.54, 1.807) is 36.0 Å². The number of thioether (sulfide) groups is 1. The van der Waals surface area contributed by atoms with Gasteiger partial charge in [-0.25, -0.2) is 0 Å². The summed E-state index contributed by atoms with van der Waals surface area (Å²) in [5.41, 5.74) is 1.65. The van der Waals surface area contributed by atoms with Crippen molar-refractivity contribution in [2.24, 2.45) is 4.99 Å². The van der Waals surface area contributed by atoms with Crippen molar-refractivity contribution in [3.8, 4) is 11.5 Å². The summed E-state index contributed by atoms with van der Waals surface area (Å²) in [4.78, 5) is 43.2. The lowest BCUT2D eigenvalue weighted by Crippen LogP contribution is -2.28. The molecule has 0 spiro atoms. The monoisotopic (exact) mass is 469 g/mol. The number of aryl methyl sites for hydroxylation is 1. The lowest BCUT2D eigenvalue weighted by molar-refractivity contribution is -0.121. The Kier molecular flexibility index (Phi) is 5.48. The van der Waals surface area contributed by atoms with Crippen LogP contribution in [0.25, 0.3) is 10.2 Å². The number of fused-ring (bicyclic) bond motifs is 2. The van der Waals surface area contributed by atoms with Gasteiger partial charge in [-0.15, -0.1) is 0 Å². The Bertz CT molecular complexity index is 1310. The van der Waals surface area contributed by atoms with E-state index in [1.165, 1.54) is 11.3 Å². The smallest absolute Gasteiger partial charge is 0.279 e. The van der Waals surface area contributed by atoms with Crippen molar-refractivity contribution in [2.75, 3.05) is 23.7 Å². The summed E-state index contributed by atoms with van der Waals surface area (Å²) >= 11 is 3.11. The summed E-state index contributed by atoms with van der Waals surface area (Å²) in [5.74, 6) is 1.27. The number of hydrogen-bond acceptors (Lipinski definition) is 7. The van der Waals surface area contributed by atoms with Gasteiger partial charge in [-0.2, -0.15) is 16.8 Å².